The number of nitrogens with one attached hydrogen (secondary N) is 1. The van der Waals surface area contributed by atoms with E-state index in [9.17, 15) is 13.2 Å². The molecule has 19 heavy (non-hydrogen) atoms. The van der Waals surface area contributed by atoms with E-state index < -0.39 is 12.7 Å². The average molecular weight is 269 g/mol. The van der Waals surface area contributed by atoms with Crippen LogP contribution in [0.15, 0.2) is 36.7 Å². The van der Waals surface area contributed by atoms with Crippen LogP contribution in [0.1, 0.15) is 5.56 Å². The SMILES string of the molecule is CNCc1ccc(-c2cnn(CC(F)(F)F)c2)cc1. The van der Waals surface area contributed by atoms with Gasteiger partial charge in [0, 0.05) is 18.3 Å². The van der Waals surface area contributed by atoms with Crippen LogP contribution in [-0.4, -0.2) is 23.0 Å². The second kappa shape index (κ2) is 5.44. The first-order chi connectivity index (χ1) is 8.98. The van der Waals surface area contributed by atoms with Crippen LogP contribution in [0.3, 0.4) is 0 Å². The molecule has 3 nitrogen and oxygen atoms in total. The van der Waals surface area contributed by atoms with Gasteiger partial charge in [-0.05, 0) is 18.2 Å². The molecule has 0 aliphatic heterocycles. The summed E-state index contributed by atoms with van der Waals surface area (Å²) < 4.78 is 37.6. The lowest BCUT2D eigenvalue weighted by molar-refractivity contribution is -0.142. The molecular formula is C13H14F3N3. The summed E-state index contributed by atoms with van der Waals surface area (Å²) in [6.07, 6.45) is -1.40. The van der Waals surface area contributed by atoms with E-state index in [1.165, 1.54) is 12.4 Å². The summed E-state index contributed by atoms with van der Waals surface area (Å²) in [7, 11) is 1.86. The largest absolute Gasteiger partial charge is 0.408 e. The van der Waals surface area contributed by atoms with E-state index >= 15 is 0 Å². The molecule has 2 rings (SSSR count). The normalized spacial score (nSPS) is 11.8. The van der Waals surface area contributed by atoms with E-state index in [0.717, 1.165) is 22.4 Å². The van der Waals surface area contributed by atoms with Crippen molar-refractivity contribution < 1.29 is 13.2 Å². The fourth-order valence-corrected chi connectivity index (χ4v) is 1.80. The molecule has 102 valence electrons. The van der Waals surface area contributed by atoms with Crippen LogP contribution in [0.5, 0.6) is 0 Å². The Bertz CT molecular complexity index is 529. The van der Waals surface area contributed by atoms with Gasteiger partial charge in [-0.2, -0.15) is 18.3 Å². The Hall–Kier alpha value is -1.82. The smallest absolute Gasteiger partial charge is 0.316 e. The molecule has 0 saturated carbocycles. The molecule has 1 aromatic carbocycles. The minimum atomic E-state index is -4.25. The monoisotopic (exact) mass is 269 g/mol. The topological polar surface area (TPSA) is 29.9 Å². The van der Waals surface area contributed by atoms with Crippen molar-refractivity contribution in [3.05, 3.63) is 42.2 Å². The van der Waals surface area contributed by atoms with Crippen molar-refractivity contribution in [2.45, 2.75) is 19.3 Å². The Kier molecular flexibility index (Phi) is 3.90. The molecule has 1 heterocycles. The van der Waals surface area contributed by atoms with Gasteiger partial charge in [0.05, 0.1) is 6.20 Å². The average Bonchev–Trinajstić information content (AvgIpc) is 2.76. The molecule has 0 radical (unpaired) electrons. The molecule has 1 aromatic heterocycles. The van der Waals surface area contributed by atoms with Crippen molar-refractivity contribution in [1.29, 1.82) is 0 Å². The Labute approximate surface area is 109 Å². The van der Waals surface area contributed by atoms with Crippen LogP contribution in [0, 0.1) is 0 Å². The number of rotatable bonds is 4. The number of hydrogen-bond acceptors (Lipinski definition) is 2. The molecule has 0 amide bonds. The Morgan fingerprint density at radius 3 is 2.42 bits per heavy atom. The number of benzene rings is 1. The summed E-state index contributed by atoms with van der Waals surface area (Å²) >= 11 is 0. The summed E-state index contributed by atoms with van der Waals surface area (Å²) in [5.41, 5.74) is 2.66. The van der Waals surface area contributed by atoms with E-state index in [4.69, 9.17) is 0 Å². The summed E-state index contributed by atoms with van der Waals surface area (Å²) in [6, 6.07) is 7.63. The van der Waals surface area contributed by atoms with Crippen LogP contribution in [0.4, 0.5) is 13.2 Å². The fraction of sp³-hybridized carbons (Fsp3) is 0.308. The van der Waals surface area contributed by atoms with Gasteiger partial charge in [0.1, 0.15) is 6.54 Å². The molecule has 0 aliphatic carbocycles. The van der Waals surface area contributed by atoms with Crippen molar-refractivity contribution in [3.8, 4) is 11.1 Å². The van der Waals surface area contributed by atoms with Crippen LogP contribution in [0.25, 0.3) is 11.1 Å². The second-order valence-corrected chi connectivity index (χ2v) is 4.27. The summed E-state index contributed by atoms with van der Waals surface area (Å²) in [5.74, 6) is 0. The van der Waals surface area contributed by atoms with Crippen molar-refractivity contribution >= 4 is 0 Å². The molecule has 6 heteroatoms. The highest BCUT2D eigenvalue weighted by Gasteiger charge is 2.28. The van der Waals surface area contributed by atoms with Crippen LogP contribution in [0.2, 0.25) is 0 Å². The lowest BCUT2D eigenvalue weighted by Crippen LogP contribution is -2.17. The Balaban J connectivity index is 2.13. The molecule has 1 N–H and O–H groups in total. The summed E-state index contributed by atoms with van der Waals surface area (Å²) in [5, 5.41) is 6.75. The van der Waals surface area contributed by atoms with Crippen molar-refractivity contribution in [1.82, 2.24) is 15.1 Å². The van der Waals surface area contributed by atoms with Crippen molar-refractivity contribution in [2.75, 3.05) is 7.05 Å². The van der Waals surface area contributed by atoms with Crippen molar-refractivity contribution in [3.63, 3.8) is 0 Å². The minimum Gasteiger partial charge on any atom is -0.316 e. The predicted molar refractivity (Wildman–Crippen MR) is 66.5 cm³/mol. The van der Waals surface area contributed by atoms with Gasteiger partial charge in [-0.15, -0.1) is 0 Å². The fourth-order valence-electron chi connectivity index (χ4n) is 1.80. The molecule has 0 saturated heterocycles. The van der Waals surface area contributed by atoms with E-state index in [1.54, 1.807) is 0 Å². The molecule has 2 aromatic rings. The second-order valence-electron chi connectivity index (χ2n) is 4.27. The first-order valence-corrected chi connectivity index (χ1v) is 5.81. The van der Waals surface area contributed by atoms with Gasteiger partial charge < -0.3 is 5.32 Å². The zero-order valence-corrected chi connectivity index (χ0v) is 10.4. The Morgan fingerprint density at radius 1 is 1.16 bits per heavy atom. The maximum Gasteiger partial charge on any atom is 0.408 e. The molecule has 0 fully saturated rings. The third-order valence-corrected chi connectivity index (χ3v) is 2.64. The molecule has 0 unspecified atom stereocenters. The van der Waals surface area contributed by atoms with E-state index in [1.807, 2.05) is 31.3 Å². The maximum atomic E-state index is 12.2. The zero-order valence-electron chi connectivity index (χ0n) is 10.4. The molecule has 0 bridgehead atoms. The third kappa shape index (κ3) is 3.82. The van der Waals surface area contributed by atoms with Gasteiger partial charge in [-0.25, -0.2) is 0 Å². The van der Waals surface area contributed by atoms with Crippen LogP contribution >= 0.6 is 0 Å². The van der Waals surface area contributed by atoms with Crippen LogP contribution in [-0.2, 0) is 13.1 Å². The Morgan fingerprint density at radius 2 is 1.84 bits per heavy atom. The van der Waals surface area contributed by atoms with Gasteiger partial charge in [-0.3, -0.25) is 4.68 Å². The zero-order chi connectivity index (χ0) is 13.9. The lowest BCUT2D eigenvalue weighted by Gasteiger charge is -2.05. The van der Waals surface area contributed by atoms with Gasteiger partial charge in [0.15, 0.2) is 0 Å². The lowest BCUT2D eigenvalue weighted by atomic mass is 10.1. The van der Waals surface area contributed by atoms with E-state index in [-0.39, 0.29) is 0 Å². The molecular weight excluding hydrogens is 255 g/mol. The number of aromatic nitrogens is 2. The number of nitrogens with zero attached hydrogens (tertiary/aromatic N) is 2. The van der Waals surface area contributed by atoms with Gasteiger partial charge in [0.2, 0.25) is 0 Å². The third-order valence-electron chi connectivity index (χ3n) is 2.64. The first kappa shape index (κ1) is 13.6. The molecule has 0 spiro atoms. The van der Waals surface area contributed by atoms with E-state index in [0.29, 0.717) is 5.56 Å². The van der Waals surface area contributed by atoms with Gasteiger partial charge >= 0.3 is 6.18 Å². The number of halogens is 3. The van der Waals surface area contributed by atoms with Crippen molar-refractivity contribution in [2.24, 2.45) is 0 Å². The molecule has 0 aliphatic rings. The standard InChI is InChI=1S/C13H14F3N3/c1-17-6-10-2-4-11(5-3-10)12-7-18-19(8-12)9-13(14,15)16/h2-5,7-8,17H,6,9H2,1H3. The number of hydrogen-bond donors (Lipinski definition) is 1. The maximum absolute atomic E-state index is 12.2. The summed E-state index contributed by atoms with van der Waals surface area (Å²) in [4.78, 5) is 0. The summed E-state index contributed by atoms with van der Waals surface area (Å²) in [6.45, 7) is -0.307. The van der Waals surface area contributed by atoms with E-state index in [2.05, 4.69) is 10.4 Å². The quantitative estimate of drug-likeness (QED) is 0.925. The van der Waals surface area contributed by atoms with Crippen LogP contribution < -0.4 is 5.32 Å². The molecule has 0 atom stereocenters. The highest BCUT2D eigenvalue weighted by atomic mass is 19.4. The predicted octanol–water partition coefficient (Wildman–Crippen LogP) is 2.83. The van der Waals surface area contributed by atoms with Gasteiger partial charge in [0.25, 0.3) is 0 Å². The first-order valence-electron chi connectivity index (χ1n) is 5.81. The highest BCUT2D eigenvalue weighted by Crippen LogP contribution is 2.22. The minimum absolute atomic E-state index is 0.681. The van der Waals surface area contributed by atoms with Gasteiger partial charge in [-0.1, -0.05) is 24.3 Å². The highest BCUT2D eigenvalue weighted by molar-refractivity contribution is 5.61. The number of alkyl halides is 3.